The summed E-state index contributed by atoms with van der Waals surface area (Å²) >= 11 is 0. The van der Waals surface area contributed by atoms with Crippen molar-refractivity contribution in [2.75, 3.05) is 13.1 Å². The second kappa shape index (κ2) is 7.07. The summed E-state index contributed by atoms with van der Waals surface area (Å²) in [4.78, 5) is 19.0. The number of phenols is 1. The Labute approximate surface area is 152 Å². The van der Waals surface area contributed by atoms with Gasteiger partial charge in [-0.05, 0) is 49.1 Å². The molecule has 1 fully saturated rings. The summed E-state index contributed by atoms with van der Waals surface area (Å²) in [5, 5.41) is 10.2. The minimum Gasteiger partial charge on any atom is -0.507 e. The van der Waals surface area contributed by atoms with Gasteiger partial charge in [-0.15, -0.1) is 0 Å². The molecule has 6 heteroatoms. The Hall–Kier alpha value is -3.02. The number of imidazole rings is 1. The summed E-state index contributed by atoms with van der Waals surface area (Å²) in [6.45, 7) is 2.29. The summed E-state index contributed by atoms with van der Waals surface area (Å²) < 4.78 is 3.98. The number of phenolic OH excluding ortho intramolecular Hbond substituents is 1. The van der Waals surface area contributed by atoms with E-state index in [1.807, 2.05) is 52.6 Å². The van der Waals surface area contributed by atoms with Gasteiger partial charge in [0.05, 0.1) is 11.9 Å². The molecule has 0 radical (unpaired) electrons. The van der Waals surface area contributed by atoms with Crippen molar-refractivity contribution in [1.82, 2.24) is 19.0 Å². The highest BCUT2D eigenvalue weighted by Crippen LogP contribution is 2.26. The zero-order chi connectivity index (χ0) is 17.9. The smallest absolute Gasteiger partial charge is 0.257 e. The van der Waals surface area contributed by atoms with E-state index in [2.05, 4.69) is 9.55 Å². The third kappa shape index (κ3) is 3.35. The predicted molar refractivity (Wildman–Crippen MR) is 98.3 cm³/mol. The first kappa shape index (κ1) is 16.4. The van der Waals surface area contributed by atoms with E-state index in [9.17, 15) is 9.90 Å². The van der Waals surface area contributed by atoms with Crippen LogP contribution in [0.3, 0.4) is 0 Å². The molecule has 134 valence electrons. The zero-order valence-electron chi connectivity index (χ0n) is 14.5. The number of hydrogen-bond donors (Lipinski definition) is 1. The molecule has 1 aliphatic heterocycles. The van der Waals surface area contributed by atoms with Crippen LogP contribution in [0.25, 0.3) is 5.69 Å². The molecular weight excluding hydrogens is 328 g/mol. The zero-order valence-corrected chi connectivity index (χ0v) is 14.5. The molecule has 26 heavy (non-hydrogen) atoms. The van der Waals surface area contributed by atoms with Crippen molar-refractivity contribution in [3.8, 4) is 11.4 Å². The first-order valence-electron chi connectivity index (χ1n) is 8.92. The molecule has 4 rings (SSSR count). The summed E-state index contributed by atoms with van der Waals surface area (Å²) in [5.41, 5.74) is 1.22. The van der Waals surface area contributed by atoms with Crippen LogP contribution in [0.5, 0.6) is 5.75 Å². The molecule has 1 aliphatic rings. The second-order valence-electron chi connectivity index (χ2n) is 6.81. The predicted octanol–water partition coefficient (Wildman–Crippen LogP) is 2.93. The lowest BCUT2D eigenvalue weighted by molar-refractivity contribution is 0.0659. The molecule has 1 saturated heterocycles. The number of rotatable bonds is 4. The highest BCUT2D eigenvalue weighted by Gasteiger charge is 2.26. The van der Waals surface area contributed by atoms with Gasteiger partial charge in [0.2, 0.25) is 0 Å². The summed E-state index contributed by atoms with van der Waals surface area (Å²) in [6, 6.07) is 9.02. The summed E-state index contributed by atoms with van der Waals surface area (Å²) in [7, 11) is 0. The van der Waals surface area contributed by atoms with Gasteiger partial charge in [-0.2, -0.15) is 0 Å². The first-order valence-corrected chi connectivity index (χ1v) is 8.92. The van der Waals surface area contributed by atoms with E-state index in [1.54, 1.807) is 18.3 Å². The van der Waals surface area contributed by atoms with Crippen LogP contribution < -0.4 is 0 Å². The molecule has 1 N–H and O–H groups in total. The molecule has 1 aromatic carbocycles. The van der Waals surface area contributed by atoms with Crippen molar-refractivity contribution in [3.05, 3.63) is 67.0 Å². The fraction of sp³-hybridized carbons (Fsp3) is 0.300. The molecule has 3 heterocycles. The Morgan fingerprint density at radius 2 is 2.08 bits per heavy atom. The van der Waals surface area contributed by atoms with E-state index in [4.69, 9.17) is 0 Å². The molecular formula is C20H22N4O2. The van der Waals surface area contributed by atoms with E-state index < -0.39 is 0 Å². The van der Waals surface area contributed by atoms with Gasteiger partial charge in [0.25, 0.3) is 5.91 Å². The van der Waals surface area contributed by atoms with Gasteiger partial charge < -0.3 is 19.1 Å². The molecule has 0 saturated carbocycles. The Morgan fingerprint density at radius 1 is 1.23 bits per heavy atom. The van der Waals surface area contributed by atoms with Crippen LogP contribution in [0.15, 0.2) is 61.4 Å². The first-order chi connectivity index (χ1) is 12.7. The summed E-state index contributed by atoms with van der Waals surface area (Å²) in [6.07, 6.45) is 11.4. The number of benzene rings is 1. The average molecular weight is 350 g/mol. The number of aromatic hydroxyl groups is 1. The molecule has 6 nitrogen and oxygen atoms in total. The van der Waals surface area contributed by atoms with Crippen LogP contribution in [-0.4, -0.2) is 43.1 Å². The van der Waals surface area contributed by atoms with Crippen LogP contribution in [0, 0.1) is 5.92 Å². The van der Waals surface area contributed by atoms with Gasteiger partial charge >= 0.3 is 0 Å². The van der Waals surface area contributed by atoms with E-state index in [1.165, 1.54) is 0 Å². The number of piperidine rings is 1. The number of aromatic nitrogens is 3. The standard InChI is InChI=1S/C20H22N4O2/c25-19-6-5-17(23-8-1-2-9-23)12-18(19)20(26)24-10-3-4-16(14-24)13-22-11-7-21-15-22/h1-2,5-9,11-12,15-16,25H,3-4,10,13-14H2/t16-/m1/s1. The molecule has 0 spiro atoms. The van der Waals surface area contributed by atoms with Crippen LogP contribution in [0.1, 0.15) is 23.2 Å². The fourth-order valence-corrected chi connectivity index (χ4v) is 3.62. The molecule has 1 atom stereocenters. The van der Waals surface area contributed by atoms with Crippen LogP contribution >= 0.6 is 0 Å². The third-order valence-corrected chi connectivity index (χ3v) is 4.95. The van der Waals surface area contributed by atoms with Crippen LogP contribution in [0.2, 0.25) is 0 Å². The number of hydrogen-bond acceptors (Lipinski definition) is 3. The van der Waals surface area contributed by atoms with Crippen LogP contribution in [0.4, 0.5) is 0 Å². The molecule has 3 aromatic rings. The van der Waals surface area contributed by atoms with Crippen molar-refractivity contribution >= 4 is 5.91 Å². The number of likely N-dealkylation sites (tertiary alicyclic amines) is 1. The van der Waals surface area contributed by atoms with Crippen molar-refractivity contribution in [2.24, 2.45) is 5.92 Å². The topological polar surface area (TPSA) is 63.3 Å². The second-order valence-corrected chi connectivity index (χ2v) is 6.81. The van der Waals surface area contributed by atoms with Gasteiger partial charge in [-0.25, -0.2) is 4.98 Å². The maximum absolute atomic E-state index is 13.0. The lowest BCUT2D eigenvalue weighted by Gasteiger charge is -2.33. The number of amides is 1. The SMILES string of the molecule is O=C(c1cc(-n2cccc2)ccc1O)N1CCC[C@H](Cn2ccnc2)C1. The molecule has 0 unspecified atom stereocenters. The van der Waals surface area contributed by atoms with Crippen molar-refractivity contribution in [1.29, 1.82) is 0 Å². The number of carbonyl (C=O) groups excluding carboxylic acids is 1. The van der Waals surface area contributed by atoms with Crippen molar-refractivity contribution in [2.45, 2.75) is 19.4 Å². The monoisotopic (exact) mass is 350 g/mol. The van der Waals surface area contributed by atoms with E-state index in [0.717, 1.165) is 31.6 Å². The van der Waals surface area contributed by atoms with Gasteiger partial charge in [0.15, 0.2) is 0 Å². The average Bonchev–Trinajstić information content (AvgIpc) is 3.36. The van der Waals surface area contributed by atoms with Gasteiger partial charge in [-0.1, -0.05) is 0 Å². The maximum Gasteiger partial charge on any atom is 0.257 e. The minimum absolute atomic E-state index is 0.0302. The highest BCUT2D eigenvalue weighted by molar-refractivity contribution is 5.97. The Kier molecular flexibility index (Phi) is 4.48. The Bertz CT molecular complexity index is 871. The number of carbonyl (C=O) groups is 1. The Balaban J connectivity index is 1.52. The van der Waals surface area contributed by atoms with E-state index in [-0.39, 0.29) is 11.7 Å². The fourth-order valence-electron chi connectivity index (χ4n) is 3.62. The van der Waals surface area contributed by atoms with Crippen molar-refractivity contribution in [3.63, 3.8) is 0 Å². The lowest BCUT2D eigenvalue weighted by Crippen LogP contribution is -2.41. The van der Waals surface area contributed by atoms with E-state index in [0.29, 0.717) is 18.0 Å². The molecule has 0 bridgehead atoms. The summed E-state index contributed by atoms with van der Waals surface area (Å²) in [5.74, 6) is 0.325. The highest BCUT2D eigenvalue weighted by atomic mass is 16.3. The van der Waals surface area contributed by atoms with Crippen LogP contribution in [-0.2, 0) is 6.54 Å². The Morgan fingerprint density at radius 3 is 2.85 bits per heavy atom. The molecule has 0 aliphatic carbocycles. The largest absolute Gasteiger partial charge is 0.507 e. The minimum atomic E-state index is -0.105. The van der Waals surface area contributed by atoms with Gasteiger partial charge in [0.1, 0.15) is 5.75 Å². The lowest BCUT2D eigenvalue weighted by atomic mass is 9.97. The van der Waals surface area contributed by atoms with Crippen molar-refractivity contribution < 1.29 is 9.90 Å². The van der Waals surface area contributed by atoms with Gasteiger partial charge in [0, 0.05) is 50.1 Å². The third-order valence-electron chi connectivity index (χ3n) is 4.95. The number of nitrogens with zero attached hydrogens (tertiary/aromatic N) is 4. The maximum atomic E-state index is 13.0. The van der Waals surface area contributed by atoms with E-state index >= 15 is 0 Å². The normalized spacial score (nSPS) is 17.4. The molecule has 2 aromatic heterocycles. The quantitative estimate of drug-likeness (QED) is 0.787. The van der Waals surface area contributed by atoms with Gasteiger partial charge in [-0.3, -0.25) is 4.79 Å². The molecule has 1 amide bonds.